The lowest BCUT2D eigenvalue weighted by Crippen LogP contribution is -2.69. The van der Waals surface area contributed by atoms with Gasteiger partial charge >= 0.3 is 0 Å². The highest BCUT2D eigenvalue weighted by atomic mass is 32.1. The van der Waals surface area contributed by atoms with Crippen LogP contribution in [0.25, 0.3) is 0 Å². The van der Waals surface area contributed by atoms with E-state index in [1.54, 1.807) is 0 Å². The van der Waals surface area contributed by atoms with Gasteiger partial charge in [-0.1, -0.05) is 0 Å². The second-order valence-corrected chi connectivity index (χ2v) is 21.0. The Labute approximate surface area is 459 Å². The maximum Gasteiger partial charge on any atom is 0.187 e. The summed E-state index contributed by atoms with van der Waals surface area (Å²) in [6.45, 7) is -7.68. The lowest BCUT2D eigenvalue weighted by Gasteiger charge is -2.51. The van der Waals surface area contributed by atoms with Gasteiger partial charge in [-0.3, -0.25) is 0 Å². The minimum atomic E-state index is -2.20. The molecular weight excluding hydrogens is 1120 g/mol. The van der Waals surface area contributed by atoms with E-state index in [2.05, 4.69) is 17.9 Å². The predicted molar refractivity (Wildman–Crippen MR) is 248 cm³/mol. The number of hydrogen-bond donors (Lipinski definition) is 22. The molecule has 35 nitrogen and oxygen atoms in total. The Morgan fingerprint density at radius 1 is 0.250 bits per heavy atom. The molecule has 21 fully saturated rings. The molecule has 21 saturated heterocycles. The first-order chi connectivity index (χ1) is 38.2. The molecule has 466 valence electrons. The highest BCUT2D eigenvalue weighted by Gasteiger charge is 2.59. The average Bonchev–Trinajstić information content (AvgIpc) is 3.47. The van der Waals surface area contributed by atoms with Crippen molar-refractivity contribution in [2.45, 2.75) is 214 Å². The van der Waals surface area contributed by atoms with Gasteiger partial charge in [-0.15, -0.1) is 0 Å². The summed E-state index contributed by atoms with van der Waals surface area (Å²) >= 11 is 4.65. The first-order valence-electron chi connectivity index (χ1n) is 25.8. The largest absolute Gasteiger partial charge is 0.395 e. The van der Waals surface area contributed by atoms with E-state index in [0.29, 0.717) is 0 Å². The fourth-order valence-electron chi connectivity index (χ4n) is 10.9. The summed E-state index contributed by atoms with van der Waals surface area (Å²) in [5, 5.41) is 221. The minimum Gasteiger partial charge on any atom is -0.395 e. The molecule has 35 atom stereocenters. The molecule has 0 radical (unpaired) electrons. The Hall–Kier alpha value is -1.05. The lowest BCUT2D eigenvalue weighted by atomic mass is 9.95. The van der Waals surface area contributed by atoms with Gasteiger partial charge in [0.1, 0.15) is 159 Å². The standard InChI is InChI=1S/C44H75NO34S/c46-2-1-45-17-30-10(3-47)72-44(37(17)80)79-36-16(9-53)71-43(29(65)23(36)59)78-35-15(8-52)70-42(28(64)22(35)58)77-34-14(7-51)69-41(27(63)21(34)57)76-33-13(6-50)68-40(26(62)20(33)56)75-32-12(5-49)67-39(25(61)19(32)55)74-31-11(4-48)66-38(73-30)24(60)18(31)54/h10-65,80H,1-9H2/t10-,11-,12-,13-,14-,15-,16-,17+,18-,19-,20-,21-,22-,23-,24-,25-,26-,27-,28-,29-,30-,31-,32-,33-,34-,35-,36-,37-,38-,39-,40-,41-,42-,43-,44-/m1/s1. The average molecular weight is 1190 g/mol. The van der Waals surface area contributed by atoms with Gasteiger partial charge in [-0.25, -0.2) is 0 Å². The molecule has 36 heteroatoms. The van der Waals surface area contributed by atoms with Crippen molar-refractivity contribution >= 4 is 12.6 Å². The first kappa shape index (κ1) is 64.9. The van der Waals surface area contributed by atoms with Crippen LogP contribution in [-0.2, 0) is 66.3 Å². The monoisotopic (exact) mass is 1190 g/mol. The fourth-order valence-corrected chi connectivity index (χ4v) is 11.3. The van der Waals surface area contributed by atoms with Crippen molar-refractivity contribution in [1.82, 2.24) is 5.32 Å². The summed E-state index contributed by atoms with van der Waals surface area (Å²) in [6, 6.07) is -1.20. The van der Waals surface area contributed by atoms with Crippen LogP contribution < -0.4 is 5.32 Å². The smallest absolute Gasteiger partial charge is 0.187 e. The van der Waals surface area contributed by atoms with Crippen molar-refractivity contribution in [2.75, 3.05) is 59.4 Å². The zero-order valence-electron chi connectivity index (χ0n) is 42.2. The van der Waals surface area contributed by atoms with Gasteiger partial charge in [0, 0.05) is 6.54 Å². The summed E-state index contributed by atoms with van der Waals surface area (Å²) in [5.41, 5.74) is 0. The zero-order valence-corrected chi connectivity index (χ0v) is 43.1. The molecule has 14 bridgehead atoms. The number of aliphatic hydroxyl groups is 20. The van der Waals surface area contributed by atoms with Crippen LogP contribution in [0, 0.1) is 0 Å². The number of ether oxygens (including phenoxy) is 14. The van der Waals surface area contributed by atoms with Gasteiger partial charge in [0.2, 0.25) is 0 Å². The summed E-state index contributed by atoms with van der Waals surface area (Å²) in [6.07, 6.45) is -63.6. The van der Waals surface area contributed by atoms with Gasteiger partial charge in [-0.2, -0.15) is 12.6 Å². The Bertz CT molecular complexity index is 1880. The van der Waals surface area contributed by atoms with Crippen LogP contribution in [0.3, 0.4) is 0 Å². The molecule has 21 N–H and O–H groups in total. The maximum atomic E-state index is 11.5. The Kier molecular flexibility index (Phi) is 22.9. The second kappa shape index (κ2) is 28.2. The van der Waals surface area contributed by atoms with Crippen molar-refractivity contribution in [1.29, 1.82) is 0 Å². The van der Waals surface area contributed by atoms with Crippen LogP contribution in [-0.4, -0.2) is 376 Å². The maximum absolute atomic E-state index is 11.5. The van der Waals surface area contributed by atoms with Gasteiger partial charge in [0.05, 0.1) is 64.1 Å². The molecule has 0 unspecified atom stereocenters. The molecule has 0 amide bonds. The molecule has 0 aromatic heterocycles. The number of hydrogen-bond acceptors (Lipinski definition) is 36. The van der Waals surface area contributed by atoms with Crippen LogP contribution in [0.2, 0.25) is 0 Å². The van der Waals surface area contributed by atoms with Crippen molar-refractivity contribution in [3.8, 4) is 0 Å². The van der Waals surface area contributed by atoms with E-state index >= 15 is 0 Å². The molecular formula is C44H75NO34S. The summed E-state index contributed by atoms with van der Waals surface area (Å²) in [4.78, 5) is 0. The van der Waals surface area contributed by atoms with Crippen LogP contribution in [0.5, 0.6) is 0 Å². The number of aliphatic hydroxyl groups excluding tert-OH is 20. The third-order valence-electron chi connectivity index (χ3n) is 15.3. The topological polar surface area (TPSA) is 546 Å². The van der Waals surface area contributed by atoms with Crippen molar-refractivity contribution in [3.63, 3.8) is 0 Å². The number of thiol groups is 1. The molecule has 21 aliphatic rings. The third kappa shape index (κ3) is 13.0. The van der Waals surface area contributed by atoms with Crippen molar-refractivity contribution < 1.29 is 168 Å². The first-order valence-corrected chi connectivity index (χ1v) is 26.3. The van der Waals surface area contributed by atoms with E-state index in [0.717, 1.165) is 0 Å². The summed E-state index contributed by atoms with van der Waals surface area (Å²) in [5.74, 6) is 0. The molecule has 0 saturated carbocycles. The van der Waals surface area contributed by atoms with E-state index in [-0.39, 0.29) is 6.54 Å². The van der Waals surface area contributed by atoms with E-state index in [1.165, 1.54) is 0 Å². The van der Waals surface area contributed by atoms with Crippen LogP contribution in [0.15, 0.2) is 0 Å². The van der Waals surface area contributed by atoms with Crippen LogP contribution in [0.4, 0.5) is 0 Å². The third-order valence-corrected chi connectivity index (χ3v) is 15.9. The Balaban J connectivity index is 1.09. The highest BCUT2D eigenvalue weighted by molar-refractivity contribution is 7.81. The fraction of sp³-hybridized carbons (Fsp3) is 1.00. The minimum absolute atomic E-state index is 0.188. The Morgan fingerprint density at radius 3 is 0.650 bits per heavy atom. The van der Waals surface area contributed by atoms with E-state index in [9.17, 15) is 102 Å². The van der Waals surface area contributed by atoms with Gasteiger partial charge < -0.3 is 174 Å². The van der Waals surface area contributed by atoms with Crippen LogP contribution in [0.1, 0.15) is 0 Å². The molecule has 80 heavy (non-hydrogen) atoms. The molecule has 0 aromatic rings. The van der Waals surface area contributed by atoms with Gasteiger partial charge in [0.15, 0.2) is 44.0 Å². The molecule has 0 spiro atoms. The second-order valence-electron chi connectivity index (χ2n) is 20.4. The molecule has 0 aromatic carbocycles. The van der Waals surface area contributed by atoms with Gasteiger partial charge in [-0.05, 0) is 0 Å². The SMILES string of the molecule is OCCN[C@@H]1[C@@H](S)[C@H]2O[C@H]3[C@H](O)[C@@H](O)[C@@H](O[C@H]4[C@H](O)[C@@H](O)[C@@H](O[C@H]5[C@H](O)[C@@H](O)[C@@H](O[C@H]6[C@H](O)[C@@H](O)[C@@H](O[C@H]7[C@H](O)[C@@H](O)[C@@H](O[C@H]8[C@H](O)[C@@H](O)[C@@H](O[C@@H]1[C@@H](CO)O2)O[C@@H]8CO)O[C@@H]7CO)O[C@@H]6CO)O[C@@H]5CO)O[C@@H]4CO)O[C@@H]3CO. The van der Waals surface area contributed by atoms with E-state index in [1.807, 2.05) is 0 Å². The van der Waals surface area contributed by atoms with Crippen LogP contribution >= 0.6 is 12.6 Å². The number of nitrogens with one attached hydrogen (secondary N) is 1. The predicted octanol–water partition coefficient (Wildman–Crippen LogP) is -14.7. The zero-order chi connectivity index (χ0) is 58.2. The number of rotatable bonds is 10. The summed E-state index contributed by atoms with van der Waals surface area (Å²) < 4.78 is 81.4. The molecule has 21 aliphatic heterocycles. The van der Waals surface area contributed by atoms with E-state index < -0.39 is 267 Å². The molecule has 21 rings (SSSR count). The highest BCUT2D eigenvalue weighted by Crippen LogP contribution is 2.39. The van der Waals surface area contributed by atoms with E-state index in [4.69, 9.17) is 66.3 Å². The molecule has 0 aliphatic carbocycles. The summed E-state index contributed by atoms with van der Waals surface area (Å²) in [7, 11) is 0. The lowest BCUT2D eigenvalue weighted by molar-refractivity contribution is -0.396. The van der Waals surface area contributed by atoms with Gasteiger partial charge in [0.25, 0.3) is 0 Å². The quantitative estimate of drug-likeness (QED) is 0.0903. The van der Waals surface area contributed by atoms with Crippen molar-refractivity contribution in [3.05, 3.63) is 0 Å². The normalized spacial score (nSPS) is 53.7. The van der Waals surface area contributed by atoms with Crippen molar-refractivity contribution in [2.24, 2.45) is 0 Å². The molecule has 21 heterocycles. The Morgan fingerprint density at radius 2 is 0.438 bits per heavy atom.